The second kappa shape index (κ2) is 8.54. The molecule has 7 heteroatoms. The fourth-order valence-corrected chi connectivity index (χ4v) is 4.32. The molecular weight excluding hydrogens is 330 g/mol. The van der Waals surface area contributed by atoms with Gasteiger partial charge in [-0.2, -0.15) is 0 Å². The number of aromatic nitrogens is 1. The zero-order valence-electron chi connectivity index (χ0n) is 13.3. The highest BCUT2D eigenvalue weighted by Gasteiger charge is 2.12. The topological polar surface area (TPSA) is 76.3 Å². The lowest BCUT2D eigenvalue weighted by molar-refractivity contribution is 0.273. The molecule has 0 amide bonds. The Labute approximate surface area is 142 Å². The molecule has 0 aliphatic rings. The molecule has 126 valence electrons. The summed E-state index contributed by atoms with van der Waals surface area (Å²) in [4.78, 5) is 6.69. The molecule has 0 aliphatic carbocycles. The summed E-state index contributed by atoms with van der Waals surface area (Å²) in [5, 5.41) is 2.59. The molecule has 1 aromatic carbocycles. The summed E-state index contributed by atoms with van der Waals surface area (Å²) in [6.45, 7) is 2.99. The van der Waals surface area contributed by atoms with Gasteiger partial charge >= 0.3 is 0 Å². The van der Waals surface area contributed by atoms with E-state index in [1.807, 2.05) is 23.6 Å². The van der Waals surface area contributed by atoms with Gasteiger partial charge < -0.3 is 5.73 Å². The monoisotopic (exact) mass is 353 g/mol. The molecule has 0 bridgehead atoms. The van der Waals surface area contributed by atoms with Gasteiger partial charge in [0.15, 0.2) is 9.84 Å². The van der Waals surface area contributed by atoms with Crippen LogP contribution in [0.15, 0.2) is 35.7 Å². The van der Waals surface area contributed by atoms with Crippen molar-refractivity contribution in [3.8, 4) is 0 Å². The fourth-order valence-electron chi connectivity index (χ4n) is 2.33. The van der Waals surface area contributed by atoms with Crippen LogP contribution < -0.4 is 5.73 Å². The summed E-state index contributed by atoms with van der Waals surface area (Å²) in [6.07, 6.45) is 2.19. The van der Waals surface area contributed by atoms with Crippen molar-refractivity contribution in [2.75, 3.05) is 25.9 Å². The van der Waals surface area contributed by atoms with Crippen LogP contribution >= 0.6 is 11.3 Å². The summed E-state index contributed by atoms with van der Waals surface area (Å²) in [5.41, 5.74) is 7.91. The number of rotatable bonds is 9. The zero-order chi connectivity index (χ0) is 16.7. The van der Waals surface area contributed by atoms with E-state index in [4.69, 9.17) is 5.73 Å². The van der Waals surface area contributed by atoms with E-state index in [0.717, 1.165) is 25.2 Å². The van der Waals surface area contributed by atoms with Gasteiger partial charge in [-0.3, -0.25) is 4.90 Å². The Balaban J connectivity index is 1.93. The molecule has 5 nitrogen and oxygen atoms in total. The minimum absolute atomic E-state index is 0.0125. The van der Waals surface area contributed by atoms with E-state index in [9.17, 15) is 8.42 Å². The summed E-state index contributed by atoms with van der Waals surface area (Å²) >= 11 is 1.40. The van der Waals surface area contributed by atoms with Gasteiger partial charge in [0.25, 0.3) is 0 Å². The van der Waals surface area contributed by atoms with Crippen LogP contribution in [0.5, 0.6) is 0 Å². The molecule has 0 fully saturated rings. The van der Waals surface area contributed by atoms with E-state index in [-0.39, 0.29) is 5.75 Å². The molecular formula is C16H23N3O2S2. The maximum atomic E-state index is 11.3. The number of hydrogen-bond donors (Lipinski definition) is 1. The van der Waals surface area contributed by atoms with E-state index in [1.165, 1.54) is 23.2 Å². The third-order valence-electron chi connectivity index (χ3n) is 3.38. The van der Waals surface area contributed by atoms with Gasteiger partial charge in [0.1, 0.15) is 10.8 Å². The molecule has 0 spiro atoms. The number of hydrogen-bond acceptors (Lipinski definition) is 6. The Morgan fingerprint density at radius 3 is 2.61 bits per heavy atom. The third-order valence-corrected chi connectivity index (χ3v) is 5.25. The van der Waals surface area contributed by atoms with Crippen molar-refractivity contribution >= 4 is 21.2 Å². The molecule has 23 heavy (non-hydrogen) atoms. The van der Waals surface area contributed by atoms with E-state index < -0.39 is 9.84 Å². The molecule has 0 unspecified atom stereocenters. The minimum atomic E-state index is -3.03. The average molecular weight is 354 g/mol. The normalized spacial score (nSPS) is 12.0. The Hall–Kier alpha value is -1.28. The molecule has 0 atom stereocenters. The van der Waals surface area contributed by atoms with Crippen LogP contribution in [0, 0.1) is 0 Å². The summed E-state index contributed by atoms with van der Waals surface area (Å²) in [7, 11) is -3.03. The van der Waals surface area contributed by atoms with Crippen LogP contribution in [-0.4, -0.2) is 44.2 Å². The van der Waals surface area contributed by atoms with E-state index >= 15 is 0 Å². The van der Waals surface area contributed by atoms with Crippen LogP contribution in [0.1, 0.15) is 16.3 Å². The van der Waals surface area contributed by atoms with Gasteiger partial charge in [-0.25, -0.2) is 13.4 Å². The van der Waals surface area contributed by atoms with Crippen LogP contribution in [-0.2, 0) is 28.6 Å². The van der Waals surface area contributed by atoms with Crippen LogP contribution in [0.4, 0.5) is 0 Å². The summed E-state index contributed by atoms with van der Waals surface area (Å²) in [5.74, 6) is 0.0125. The predicted molar refractivity (Wildman–Crippen MR) is 95.1 cm³/mol. The number of thiazole rings is 1. The van der Waals surface area contributed by atoms with E-state index in [0.29, 0.717) is 18.1 Å². The van der Waals surface area contributed by atoms with Crippen molar-refractivity contribution < 1.29 is 8.42 Å². The maximum absolute atomic E-state index is 11.3. The highest BCUT2D eigenvalue weighted by atomic mass is 32.2. The Bertz CT molecular complexity index is 699. The highest BCUT2D eigenvalue weighted by molar-refractivity contribution is 7.90. The standard InChI is InChI=1S/C16H23N3O2S2/c1-23(20,21)13-16-18-15(12-22-16)11-19(10-8-17)9-7-14-5-3-2-4-6-14/h2-6,12H,7-11,13,17H2,1H3. The van der Waals surface area contributed by atoms with Crippen molar-refractivity contribution in [1.29, 1.82) is 0 Å². The number of benzene rings is 1. The van der Waals surface area contributed by atoms with Gasteiger partial charge in [0, 0.05) is 37.8 Å². The Morgan fingerprint density at radius 1 is 1.22 bits per heavy atom. The number of nitrogens with two attached hydrogens (primary N) is 1. The van der Waals surface area contributed by atoms with Crippen molar-refractivity contribution in [3.63, 3.8) is 0 Å². The lowest BCUT2D eigenvalue weighted by atomic mass is 10.1. The largest absolute Gasteiger partial charge is 0.329 e. The van der Waals surface area contributed by atoms with Crippen molar-refractivity contribution in [3.05, 3.63) is 52.0 Å². The smallest absolute Gasteiger partial charge is 0.153 e. The SMILES string of the molecule is CS(=O)(=O)Cc1nc(CN(CCN)CCc2ccccc2)cs1. The van der Waals surface area contributed by atoms with E-state index in [2.05, 4.69) is 22.0 Å². The first kappa shape index (κ1) is 18.1. The van der Waals surface area contributed by atoms with Crippen molar-refractivity contribution in [1.82, 2.24) is 9.88 Å². The fraction of sp³-hybridized carbons (Fsp3) is 0.438. The predicted octanol–water partition coefficient (Wildman–Crippen LogP) is 1.69. The minimum Gasteiger partial charge on any atom is -0.329 e. The van der Waals surface area contributed by atoms with Gasteiger partial charge in [0.05, 0.1) is 5.69 Å². The maximum Gasteiger partial charge on any atom is 0.153 e. The second-order valence-electron chi connectivity index (χ2n) is 5.60. The van der Waals surface area contributed by atoms with Crippen molar-refractivity contribution in [2.45, 2.75) is 18.7 Å². The van der Waals surface area contributed by atoms with Gasteiger partial charge in [-0.1, -0.05) is 30.3 Å². The second-order valence-corrected chi connectivity index (χ2v) is 8.69. The third kappa shape index (κ3) is 6.78. The van der Waals surface area contributed by atoms with E-state index in [1.54, 1.807) is 0 Å². The van der Waals surface area contributed by atoms with Gasteiger partial charge in [-0.15, -0.1) is 11.3 Å². The summed E-state index contributed by atoms with van der Waals surface area (Å²) < 4.78 is 22.7. The van der Waals surface area contributed by atoms with Gasteiger partial charge in [-0.05, 0) is 12.0 Å². The molecule has 0 saturated carbocycles. The first-order valence-corrected chi connectivity index (χ1v) is 10.5. The molecule has 2 N–H and O–H groups in total. The van der Waals surface area contributed by atoms with Crippen LogP contribution in [0.2, 0.25) is 0 Å². The quantitative estimate of drug-likeness (QED) is 0.742. The molecule has 2 rings (SSSR count). The molecule has 0 saturated heterocycles. The Kier molecular flexibility index (Phi) is 6.71. The van der Waals surface area contributed by atoms with Crippen LogP contribution in [0.3, 0.4) is 0 Å². The average Bonchev–Trinajstić information content (AvgIpc) is 2.91. The zero-order valence-corrected chi connectivity index (χ0v) is 14.9. The first-order valence-electron chi connectivity index (χ1n) is 7.53. The Morgan fingerprint density at radius 2 is 1.96 bits per heavy atom. The molecule has 1 aromatic heterocycles. The molecule has 1 heterocycles. The summed E-state index contributed by atoms with van der Waals surface area (Å²) in [6, 6.07) is 10.3. The van der Waals surface area contributed by atoms with Gasteiger partial charge in [0.2, 0.25) is 0 Å². The molecule has 2 aromatic rings. The lowest BCUT2D eigenvalue weighted by Gasteiger charge is -2.20. The first-order chi connectivity index (χ1) is 11.0. The lowest BCUT2D eigenvalue weighted by Crippen LogP contribution is -2.31. The van der Waals surface area contributed by atoms with Crippen molar-refractivity contribution in [2.24, 2.45) is 5.73 Å². The molecule has 0 aliphatic heterocycles. The number of nitrogens with zero attached hydrogens (tertiary/aromatic N) is 2. The van der Waals surface area contributed by atoms with Crippen LogP contribution in [0.25, 0.3) is 0 Å². The highest BCUT2D eigenvalue weighted by Crippen LogP contribution is 2.14. The number of sulfone groups is 1. The molecule has 0 radical (unpaired) electrons.